The van der Waals surface area contributed by atoms with Crippen molar-refractivity contribution in [3.8, 4) is 11.5 Å². The molecule has 1 saturated heterocycles. The van der Waals surface area contributed by atoms with Gasteiger partial charge in [0.25, 0.3) is 0 Å². The van der Waals surface area contributed by atoms with Gasteiger partial charge < -0.3 is 19.7 Å². The van der Waals surface area contributed by atoms with Gasteiger partial charge in [-0.1, -0.05) is 39.0 Å². The Morgan fingerprint density at radius 1 is 1.10 bits per heavy atom. The number of para-hydroxylation sites is 1. The summed E-state index contributed by atoms with van der Waals surface area (Å²) < 4.78 is 10.6. The van der Waals surface area contributed by atoms with Gasteiger partial charge in [-0.05, 0) is 29.2 Å². The van der Waals surface area contributed by atoms with E-state index in [1.807, 2.05) is 24.3 Å². The number of amides is 2. The van der Waals surface area contributed by atoms with Crippen LogP contribution < -0.4 is 19.7 Å². The van der Waals surface area contributed by atoms with Crippen molar-refractivity contribution in [2.75, 3.05) is 31.0 Å². The first kappa shape index (κ1) is 20.7. The third-order valence-electron chi connectivity index (χ3n) is 5.17. The molecule has 1 N–H and O–H groups in total. The zero-order valence-corrected chi connectivity index (χ0v) is 17.6. The lowest BCUT2D eigenvalue weighted by Crippen LogP contribution is -2.29. The van der Waals surface area contributed by atoms with E-state index in [2.05, 4.69) is 26.1 Å². The molecule has 6 nitrogen and oxygen atoms in total. The molecule has 0 radical (unpaired) electrons. The van der Waals surface area contributed by atoms with Crippen LogP contribution in [0.1, 0.15) is 32.8 Å². The van der Waals surface area contributed by atoms with Crippen LogP contribution in [-0.4, -0.2) is 32.6 Å². The highest BCUT2D eigenvalue weighted by Gasteiger charge is 2.36. The third kappa shape index (κ3) is 4.36. The van der Waals surface area contributed by atoms with Crippen molar-refractivity contribution >= 4 is 23.2 Å². The molecule has 1 aliphatic heterocycles. The maximum atomic E-state index is 12.9. The Hall–Kier alpha value is -3.02. The summed E-state index contributed by atoms with van der Waals surface area (Å²) in [6, 6.07) is 13.1. The normalized spacial score (nSPS) is 16.7. The lowest BCUT2D eigenvalue weighted by Gasteiger charge is -2.24. The van der Waals surface area contributed by atoms with Crippen LogP contribution in [-0.2, 0) is 15.0 Å². The van der Waals surface area contributed by atoms with Gasteiger partial charge in [0.2, 0.25) is 11.8 Å². The van der Waals surface area contributed by atoms with E-state index < -0.39 is 5.92 Å². The van der Waals surface area contributed by atoms with Gasteiger partial charge in [0.15, 0.2) is 0 Å². The predicted molar refractivity (Wildman–Crippen MR) is 114 cm³/mol. The molecule has 0 aromatic heterocycles. The van der Waals surface area contributed by atoms with E-state index >= 15 is 0 Å². The average molecular weight is 396 g/mol. The van der Waals surface area contributed by atoms with Crippen LogP contribution in [0, 0.1) is 5.92 Å². The summed E-state index contributed by atoms with van der Waals surface area (Å²) >= 11 is 0. The van der Waals surface area contributed by atoms with Crippen molar-refractivity contribution in [2.24, 2.45) is 5.92 Å². The fraction of sp³-hybridized carbons (Fsp3) is 0.391. The number of carbonyl (C=O) groups excluding carboxylic acids is 2. The van der Waals surface area contributed by atoms with Crippen LogP contribution in [0.5, 0.6) is 11.5 Å². The monoisotopic (exact) mass is 396 g/mol. The molecule has 1 atom stereocenters. The summed E-state index contributed by atoms with van der Waals surface area (Å²) in [6.45, 7) is 6.63. The van der Waals surface area contributed by atoms with E-state index in [0.29, 0.717) is 23.7 Å². The van der Waals surface area contributed by atoms with E-state index in [9.17, 15) is 9.59 Å². The average Bonchev–Trinajstić information content (AvgIpc) is 3.08. The van der Waals surface area contributed by atoms with E-state index in [1.54, 1.807) is 37.3 Å². The highest BCUT2D eigenvalue weighted by atomic mass is 16.5. The maximum absolute atomic E-state index is 12.9. The van der Waals surface area contributed by atoms with Gasteiger partial charge in [-0.2, -0.15) is 0 Å². The highest BCUT2D eigenvalue weighted by molar-refractivity contribution is 6.04. The molecule has 0 unspecified atom stereocenters. The van der Waals surface area contributed by atoms with Crippen molar-refractivity contribution in [3.05, 3.63) is 48.0 Å². The Morgan fingerprint density at radius 2 is 1.83 bits per heavy atom. The molecule has 2 aromatic rings. The molecular formula is C23H28N2O4. The summed E-state index contributed by atoms with van der Waals surface area (Å²) in [5, 5.41) is 3.03. The van der Waals surface area contributed by atoms with Crippen LogP contribution >= 0.6 is 0 Å². The quantitative estimate of drug-likeness (QED) is 0.830. The van der Waals surface area contributed by atoms with E-state index in [0.717, 1.165) is 11.3 Å². The SMILES string of the molecule is COc1ccc(N2C[C@@H](C(=O)Nc3ccccc3C(C)(C)C)CC2=O)c(OC)c1. The smallest absolute Gasteiger partial charge is 0.229 e. The lowest BCUT2D eigenvalue weighted by atomic mass is 9.85. The molecule has 1 fully saturated rings. The predicted octanol–water partition coefficient (Wildman–Crippen LogP) is 3.99. The molecule has 3 rings (SSSR count). The third-order valence-corrected chi connectivity index (χ3v) is 5.17. The number of rotatable bonds is 5. The zero-order chi connectivity index (χ0) is 21.2. The number of methoxy groups -OCH3 is 2. The topological polar surface area (TPSA) is 67.9 Å². The molecule has 1 heterocycles. The molecular weight excluding hydrogens is 368 g/mol. The molecule has 2 amide bonds. The molecule has 0 aliphatic carbocycles. The second-order valence-electron chi connectivity index (χ2n) is 8.23. The second-order valence-corrected chi connectivity index (χ2v) is 8.23. The van der Waals surface area contributed by atoms with E-state index in [1.165, 1.54) is 0 Å². The van der Waals surface area contributed by atoms with Crippen molar-refractivity contribution in [1.29, 1.82) is 0 Å². The number of carbonyl (C=O) groups is 2. The first-order chi connectivity index (χ1) is 13.7. The van der Waals surface area contributed by atoms with Gasteiger partial charge in [-0.15, -0.1) is 0 Å². The minimum Gasteiger partial charge on any atom is -0.497 e. The Morgan fingerprint density at radius 3 is 2.48 bits per heavy atom. The Bertz CT molecular complexity index is 917. The molecule has 29 heavy (non-hydrogen) atoms. The van der Waals surface area contributed by atoms with Crippen LogP contribution in [0.3, 0.4) is 0 Å². The molecule has 1 aliphatic rings. The lowest BCUT2D eigenvalue weighted by molar-refractivity contribution is -0.122. The number of nitrogens with one attached hydrogen (secondary N) is 1. The summed E-state index contributed by atoms with van der Waals surface area (Å²) in [4.78, 5) is 27.2. The molecule has 0 bridgehead atoms. The van der Waals surface area contributed by atoms with Gasteiger partial charge in [-0.25, -0.2) is 0 Å². The summed E-state index contributed by atoms with van der Waals surface area (Å²) in [6.07, 6.45) is 0.165. The van der Waals surface area contributed by atoms with Gasteiger partial charge in [0, 0.05) is 24.7 Å². The summed E-state index contributed by atoms with van der Waals surface area (Å²) in [5.41, 5.74) is 2.39. The fourth-order valence-corrected chi connectivity index (χ4v) is 3.60. The van der Waals surface area contributed by atoms with Gasteiger partial charge in [0.1, 0.15) is 11.5 Å². The number of anilines is 2. The first-order valence-corrected chi connectivity index (χ1v) is 9.67. The molecule has 6 heteroatoms. The fourth-order valence-electron chi connectivity index (χ4n) is 3.60. The van der Waals surface area contributed by atoms with E-state index in [4.69, 9.17) is 9.47 Å². The Balaban J connectivity index is 1.79. The van der Waals surface area contributed by atoms with Crippen LogP contribution in [0.15, 0.2) is 42.5 Å². The number of hydrogen-bond donors (Lipinski definition) is 1. The van der Waals surface area contributed by atoms with Crippen LogP contribution in [0.2, 0.25) is 0 Å². The highest BCUT2D eigenvalue weighted by Crippen LogP contribution is 2.36. The van der Waals surface area contributed by atoms with Gasteiger partial charge >= 0.3 is 0 Å². The van der Waals surface area contributed by atoms with Crippen LogP contribution in [0.25, 0.3) is 0 Å². The number of ether oxygens (including phenoxy) is 2. The maximum Gasteiger partial charge on any atom is 0.229 e. The second kappa shape index (κ2) is 8.15. The minimum atomic E-state index is -0.428. The summed E-state index contributed by atoms with van der Waals surface area (Å²) in [5.74, 6) is 0.507. The number of hydrogen-bond acceptors (Lipinski definition) is 4. The minimum absolute atomic E-state index is 0.0993. The molecule has 0 spiro atoms. The van der Waals surface area contributed by atoms with E-state index in [-0.39, 0.29) is 23.7 Å². The largest absolute Gasteiger partial charge is 0.497 e. The van der Waals surface area contributed by atoms with Crippen molar-refractivity contribution in [3.63, 3.8) is 0 Å². The van der Waals surface area contributed by atoms with Crippen LogP contribution in [0.4, 0.5) is 11.4 Å². The Kier molecular flexibility index (Phi) is 5.82. The number of benzene rings is 2. The summed E-state index contributed by atoms with van der Waals surface area (Å²) in [7, 11) is 3.12. The first-order valence-electron chi connectivity index (χ1n) is 9.67. The molecule has 2 aromatic carbocycles. The molecule has 154 valence electrons. The van der Waals surface area contributed by atoms with Gasteiger partial charge in [-0.3, -0.25) is 9.59 Å². The van der Waals surface area contributed by atoms with Crippen molar-refractivity contribution in [2.45, 2.75) is 32.6 Å². The molecule has 0 saturated carbocycles. The standard InChI is InChI=1S/C23H28N2O4/c1-23(2,3)17-8-6-7-9-18(17)24-22(27)15-12-21(26)25(14-15)19-11-10-16(28-4)13-20(19)29-5/h6-11,13,15H,12,14H2,1-5H3,(H,24,27)/t15-/m0/s1. The van der Waals surface area contributed by atoms with Crippen molar-refractivity contribution in [1.82, 2.24) is 0 Å². The number of nitrogens with zero attached hydrogens (tertiary/aromatic N) is 1. The zero-order valence-electron chi connectivity index (χ0n) is 17.6. The van der Waals surface area contributed by atoms with Crippen molar-refractivity contribution < 1.29 is 19.1 Å². The Labute approximate surface area is 171 Å². The van der Waals surface area contributed by atoms with Gasteiger partial charge in [0.05, 0.1) is 25.8 Å².